The molecule has 5 heteroatoms. The van der Waals surface area contributed by atoms with E-state index in [9.17, 15) is 9.59 Å². The monoisotopic (exact) mass is 348 g/mol. The van der Waals surface area contributed by atoms with Gasteiger partial charge in [-0.05, 0) is 49.8 Å². The van der Waals surface area contributed by atoms with Crippen LogP contribution in [0.15, 0.2) is 24.3 Å². The molecule has 0 radical (unpaired) electrons. The molecule has 0 aromatic heterocycles. The summed E-state index contributed by atoms with van der Waals surface area (Å²) in [5, 5.41) is 3.64. The minimum atomic E-state index is -0.373. The van der Waals surface area contributed by atoms with Gasteiger partial charge in [0.1, 0.15) is 0 Å². The number of halogens is 1. The first-order valence-corrected chi connectivity index (χ1v) is 9.28. The Kier molecular flexibility index (Phi) is 5.14. The van der Waals surface area contributed by atoms with Gasteiger partial charge in [-0.3, -0.25) is 9.59 Å². The highest BCUT2D eigenvalue weighted by atomic mass is 35.5. The Balaban J connectivity index is 1.60. The van der Waals surface area contributed by atoms with Crippen LogP contribution in [-0.4, -0.2) is 36.3 Å². The van der Waals surface area contributed by atoms with Crippen LogP contribution in [0.5, 0.6) is 0 Å². The van der Waals surface area contributed by atoms with Crippen molar-refractivity contribution >= 4 is 23.4 Å². The Morgan fingerprint density at radius 3 is 2.58 bits per heavy atom. The molecule has 1 aliphatic heterocycles. The number of amides is 2. The van der Waals surface area contributed by atoms with Crippen molar-refractivity contribution in [2.75, 3.05) is 19.6 Å². The van der Waals surface area contributed by atoms with E-state index in [-0.39, 0.29) is 23.1 Å². The number of hydrogen-bond donors (Lipinski definition) is 1. The molecule has 0 bridgehead atoms. The number of benzene rings is 1. The minimum absolute atomic E-state index is 0.0434. The SMILES string of the molecule is CCCNC(=O)C1CCN(C(=O)C2(c3cccc(Cl)c3)CC2)CC1. The molecule has 130 valence electrons. The molecule has 1 saturated carbocycles. The van der Waals surface area contributed by atoms with E-state index in [2.05, 4.69) is 5.32 Å². The number of likely N-dealkylation sites (tertiary alicyclic amines) is 1. The number of piperidine rings is 1. The van der Waals surface area contributed by atoms with Crippen molar-refractivity contribution in [2.24, 2.45) is 5.92 Å². The molecule has 1 saturated heterocycles. The zero-order valence-electron chi connectivity index (χ0n) is 14.2. The summed E-state index contributed by atoms with van der Waals surface area (Å²) < 4.78 is 0. The molecule has 4 nitrogen and oxygen atoms in total. The fourth-order valence-corrected chi connectivity index (χ4v) is 3.77. The van der Waals surface area contributed by atoms with Gasteiger partial charge in [0.25, 0.3) is 0 Å². The van der Waals surface area contributed by atoms with E-state index >= 15 is 0 Å². The van der Waals surface area contributed by atoms with Crippen molar-refractivity contribution in [3.8, 4) is 0 Å². The first-order valence-electron chi connectivity index (χ1n) is 8.90. The lowest BCUT2D eigenvalue weighted by Crippen LogP contribution is -2.46. The highest BCUT2D eigenvalue weighted by Gasteiger charge is 2.53. The second-order valence-corrected chi connectivity index (χ2v) is 7.39. The van der Waals surface area contributed by atoms with Gasteiger partial charge in [-0.2, -0.15) is 0 Å². The standard InChI is InChI=1S/C19H25ClN2O2/c1-2-10-21-17(23)14-6-11-22(12-7-14)18(24)19(8-9-19)15-4-3-5-16(20)13-15/h3-5,13-14H,2,6-12H2,1H3,(H,21,23). The van der Waals surface area contributed by atoms with E-state index in [0.29, 0.717) is 18.1 Å². The van der Waals surface area contributed by atoms with Crippen LogP contribution >= 0.6 is 11.6 Å². The highest BCUT2D eigenvalue weighted by molar-refractivity contribution is 6.30. The third-order valence-corrected chi connectivity index (χ3v) is 5.47. The Hall–Kier alpha value is -1.55. The molecule has 0 atom stereocenters. The van der Waals surface area contributed by atoms with E-state index in [0.717, 1.165) is 44.2 Å². The van der Waals surface area contributed by atoms with E-state index in [1.54, 1.807) is 0 Å². The predicted molar refractivity (Wildman–Crippen MR) is 95.0 cm³/mol. The van der Waals surface area contributed by atoms with Gasteiger partial charge in [0.2, 0.25) is 11.8 Å². The number of rotatable bonds is 5. The third kappa shape index (κ3) is 3.44. The van der Waals surface area contributed by atoms with Crippen LogP contribution in [0.3, 0.4) is 0 Å². The molecule has 2 aliphatic rings. The second kappa shape index (κ2) is 7.14. The molecule has 0 spiro atoms. The third-order valence-electron chi connectivity index (χ3n) is 5.24. The lowest BCUT2D eigenvalue weighted by atomic mass is 9.91. The summed E-state index contributed by atoms with van der Waals surface area (Å²) in [4.78, 5) is 27.0. The van der Waals surface area contributed by atoms with Crippen LogP contribution in [0.1, 0.15) is 44.6 Å². The van der Waals surface area contributed by atoms with Gasteiger partial charge in [-0.25, -0.2) is 0 Å². The average molecular weight is 349 g/mol. The number of nitrogens with zero attached hydrogens (tertiary/aromatic N) is 1. The maximum atomic E-state index is 13.0. The first-order chi connectivity index (χ1) is 11.6. The van der Waals surface area contributed by atoms with E-state index in [1.807, 2.05) is 36.1 Å². The van der Waals surface area contributed by atoms with E-state index in [4.69, 9.17) is 11.6 Å². The van der Waals surface area contributed by atoms with Crippen LogP contribution in [0.2, 0.25) is 5.02 Å². The maximum absolute atomic E-state index is 13.0. The molecule has 1 heterocycles. The summed E-state index contributed by atoms with van der Waals surface area (Å²) in [5.41, 5.74) is 0.658. The zero-order chi connectivity index (χ0) is 17.2. The van der Waals surface area contributed by atoms with Gasteiger partial charge in [-0.15, -0.1) is 0 Å². The molecular formula is C19H25ClN2O2. The quantitative estimate of drug-likeness (QED) is 0.888. The average Bonchev–Trinajstić information content (AvgIpc) is 3.41. The summed E-state index contributed by atoms with van der Waals surface area (Å²) in [6, 6.07) is 7.67. The molecule has 2 amide bonds. The van der Waals surface area contributed by atoms with Crippen molar-refractivity contribution in [1.29, 1.82) is 0 Å². The van der Waals surface area contributed by atoms with Gasteiger partial charge < -0.3 is 10.2 Å². The van der Waals surface area contributed by atoms with Gasteiger partial charge in [-0.1, -0.05) is 30.7 Å². The smallest absolute Gasteiger partial charge is 0.233 e. The second-order valence-electron chi connectivity index (χ2n) is 6.95. The molecule has 1 N–H and O–H groups in total. The Morgan fingerprint density at radius 1 is 1.29 bits per heavy atom. The largest absolute Gasteiger partial charge is 0.356 e. The molecule has 3 rings (SSSR count). The summed E-state index contributed by atoms with van der Waals surface area (Å²) in [7, 11) is 0. The number of nitrogens with one attached hydrogen (secondary N) is 1. The molecule has 2 fully saturated rings. The van der Waals surface area contributed by atoms with Gasteiger partial charge >= 0.3 is 0 Å². The highest BCUT2D eigenvalue weighted by Crippen LogP contribution is 2.50. The van der Waals surface area contributed by atoms with Crippen molar-refractivity contribution < 1.29 is 9.59 Å². The van der Waals surface area contributed by atoms with E-state index in [1.165, 1.54) is 0 Å². The van der Waals surface area contributed by atoms with Gasteiger partial charge in [0, 0.05) is 30.6 Å². The van der Waals surface area contributed by atoms with Crippen LogP contribution in [0.25, 0.3) is 0 Å². The first kappa shape index (κ1) is 17.3. The lowest BCUT2D eigenvalue weighted by Gasteiger charge is -2.34. The van der Waals surface area contributed by atoms with Crippen LogP contribution in [-0.2, 0) is 15.0 Å². The van der Waals surface area contributed by atoms with Crippen LogP contribution in [0.4, 0.5) is 0 Å². The van der Waals surface area contributed by atoms with Crippen molar-refractivity contribution in [3.05, 3.63) is 34.9 Å². The molecule has 1 aliphatic carbocycles. The summed E-state index contributed by atoms with van der Waals surface area (Å²) in [5.74, 6) is 0.388. The predicted octanol–water partition coefficient (Wildman–Crippen LogP) is 3.14. The number of carbonyl (C=O) groups excluding carboxylic acids is 2. The van der Waals surface area contributed by atoms with Crippen LogP contribution < -0.4 is 5.32 Å². The number of hydrogen-bond acceptors (Lipinski definition) is 2. The Morgan fingerprint density at radius 2 is 2.00 bits per heavy atom. The van der Waals surface area contributed by atoms with Gasteiger partial charge in [0.15, 0.2) is 0 Å². The lowest BCUT2D eigenvalue weighted by molar-refractivity contribution is -0.137. The maximum Gasteiger partial charge on any atom is 0.233 e. The molecule has 1 aromatic carbocycles. The summed E-state index contributed by atoms with van der Waals surface area (Å²) in [6.07, 6.45) is 4.25. The Bertz CT molecular complexity index is 620. The topological polar surface area (TPSA) is 49.4 Å². The normalized spacial score (nSPS) is 19.8. The molecular weight excluding hydrogens is 324 g/mol. The Labute approximate surface area is 148 Å². The summed E-state index contributed by atoms with van der Waals surface area (Å²) in [6.45, 7) is 4.12. The molecule has 24 heavy (non-hydrogen) atoms. The van der Waals surface area contributed by atoms with Gasteiger partial charge in [0.05, 0.1) is 5.41 Å². The molecule has 1 aromatic rings. The summed E-state index contributed by atoms with van der Waals surface area (Å²) >= 11 is 6.10. The van der Waals surface area contributed by atoms with Crippen molar-refractivity contribution in [1.82, 2.24) is 10.2 Å². The van der Waals surface area contributed by atoms with Crippen molar-refractivity contribution in [3.63, 3.8) is 0 Å². The van der Waals surface area contributed by atoms with E-state index < -0.39 is 0 Å². The zero-order valence-corrected chi connectivity index (χ0v) is 14.9. The fourth-order valence-electron chi connectivity index (χ4n) is 3.58. The van der Waals surface area contributed by atoms with Crippen molar-refractivity contribution in [2.45, 2.75) is 44.4 Å². The van der Waals surface area contributed by atoms with Crippen LogP contribution in [0, 0.1) is 5.92 Å². The minimum Gasteiger partial charge on any atom is -0.356 e. The number of carbonyl (C=O) groups is 2. The fraction of sp³-hybridized carbons (Fsp3) is 0.579. The molecule has 0 unspecified atom stereocenters.